The van der Waals surface area contributed by atoms with E-state index in [0.717, 1.165) is 12.1 Å². The average Bonchev–Trinajstić information content (AvgIpc) is 3.32. The van der Waals surface area contributed by atoms with E-state index in [1.807, 2.05) is 0 Å². The van der Waals surface area contributed by atoms with E-state index >= 15 is 0 Å². The van der Waals surface area contributed by atoms with E-state index in [1.54, 1.807) is 66.6 Å². The van der Waals surface area contributed by atoms with Crippen LogP contribution in [0.25, 0.3) is 10.9 Å². The number of aromatic nitrogens is 3. The highest BCUT2D eigenvalue weighted by atomic mass is 35.5. The first kappa shape index (κ1) is 26.5. The number of benzene rings is 3. The van der Waals surface area contributed by atoms with Gasteiger partial charge in [-0.15, -0.1) is 0 Å². The molecule has 0 fully saturated rings. The first-order chi connectivity index (χ1) is 18.0. The molecule has 0 aliphatic rings. The van der Waals surface area contributed by atoms with Gasteiger partial charge in [-0.3, -0.25) is 0 Å². The van der Waals surface area contributed by atoms with Crippen molar-refractivity contribution < 1.29 is 18.3 Å². The summed E-state index contributed by atoms with van der Waals surface area (Å²) in [5.41, 5.74) is 0.790. The summed E-state index contributed by atoms with van der Waals surface area (Å²) in [5, 5.41) is 13.7. The van der Waals surface area contributed by atoms with E-state index < -0.39 is 17.3 Å². The first-order valence-corrected chi connectivity index (χ1v) is 12.5. The van der Waals surface area contributed by atoms with E-state index in [1.165, 1.54) is 12.1 Å². The van der Waals surface area contributed by atoms with Crippen molar-refractivity contribution in [1.29, 1.82) is 0 Å². The largest absolute Gasteiger partial charge is 0.416 e. The highest BCUT2D eigenvalue weighted by Crippen LogP contribution is 2.40. The molecule has 5 aromatic rings. The number of pyridine rings is 1. The third-order valence-electron chi connectivity index (χ3n) is 6.49. The van der Waals surface area contributed by atoms with Crippen LogP contribution < -0.4 is 0 Å². The molecule has 10 heteroatoms. The molecule has 5 rings (SSSR count). The molecule has 0 spiro atoms. The standard InChI is InChI=1S/C28H19Cl3F3N3O/c1-37-15-35-14-24(37)27(38,17-6-9-20(29)10-7-17)19-8-11-23-21(13-19)25(30)22(26(31)36-23)12-16-2-4-18(5-3-16)28(32,33)34/h2-11,13-15,38H,12H2,1H3. The van der Waals surface area contributed by atoms with Gasteiger partial charge < -0.3 is 9.67 Å². The fourth-order valence-electron chi connectivity index (χ4n) is 4.49. The number of fused-ring (bicyclic) bond motifs is 1. The lowest BCUT2D eigenvalue weighted by molar-refractivity contribution is -0.137. The Morgan fingerprint density at radius 1 is 0.868 bits per heavy atom. The second kappa shape index (κ2) is 9.89. The molecule has 0 aliphatic carbocycles. The van der Waals surface area contributed by atoms with Gasteiger partial charge in [0, 0.05) is 29.4 Å². The van der Waals surface area contributed by atoms with Crippen LogP contribution in [0.1, 0.15) is 33.5 Å². The van der Waals surface area contributed by atoms with Crippen molar-refractivity contribution in [1.82, 2.24) is 14.5 Å². The molecule has 0 amide bonds. The molecule has 0 radical (unpaired) electrons. The van der Waals surface area contributed by atoms with Gasteiger partial charge in [0.25, 0.3) is 0 Å². The zero-order valence-electron chi connectivity index (χ0n) is 19.8. The molecule has 0 bridgehead atoms. The van der Waals surface area contributed by atoms with Crippen LogP contribution in [-0.4, -0.2) is 19.6 Å². The third kappa shape index (κ3) is 4.76. The van der Waals surface area contributed by atoms with Crippen molar-refractivity contribution >= 4 is 45.7 Å². The minimum absolute atomic E-state index is 0.148. The van der Waals surface area contributed by atoms with Gasteiger partial charge in [-0.1, -0.05) is 65.1 Å². The van der Waals surface area contributed by atoms with Crippen molar-refractivity contribution in [3.63, 3.8) is 0 Å². The summed E-state index contributed by atoms with van der Waals surface area (Å²) in [4.78, 5) is 8.64. The Bertz CT molecular complexity index is 1630. The van der Waals surface area contributed by atoms with Crippen LogP contribution in [0.4, 0.5) is 13.2 Å². The molecule has 0 aliphatic heterocycles. The molecule has 38 heavy (non-hydrogen) atoms. The molecular weight excluding hydrogens is 558 g/mol. The molecule has 1 N–H and O–H groups in total. The minimum Gasteiger partial charge on any atom is -0.374 e. The number of imidazole rings is 1. The highest BCUT2D eigenvalue weighted by molar-refractivity contribution is 6.39. The Kier molecular flexibility index (Phi) is 6.90. The van der Waals surface area contributed by atoms with Gasteiger partial charge in [-0.05, 0) is 53.1 Å². The quantitative estimate of drug-likeness (QED) is 0.217. The Hall–Kier alpha value is -3.10. The van der Waals surface area contributed by atoms with Gasteiger partial charge in [0.15, 0.2) is 5.60 Å². The van der Waals surface area contributed by atoms with Gasteiger partial charge >= 0.3 is 6.18 Å². The molecule has 4 nitrogen and oxygen atoms in total. The average molecular weight is 577 g/mol. The van der Waals surface area contributed by atoms with Crippen molar-refractivity contribution in [3.8, 4) is 0 Å². The molecule has 2 aromatic heterocycles. The number of alkyl halides is 3. The monoisotopic (exact) mass is 575 g/mol. The summed E-state index contributed by atoms with van der Waals surface area (Å²) in [5.74, 6) is 0. The highest BCUT2D eigenvalue weighted by Gasteiger charge is 2.37. The Labute approximate surface area is 231 Å². The van der Waals surface area contributed by atoms with Crippen molar-refractivity contribution in [3.05, 3.63) is 128 Å². The van der Waals surface area contributed by atoms with E-state index in [4.69, 9.17) is 34.8 Å². The molecule has 194 valence electrons. The first-order valence-electron chi connectivity index (χ1n) is 11.4. The molecule has 2 heterocycles. The maximum atomic E-state index is 13.0. The molecule has 0 saturated carbocycles. The van der Waals surface area contributed by atoms with Crippen LogP contribution in [0.2, 0.25) is 15.2 Å². The maximum absolute atomic E-state index is 13.0. The third-order valence-corrected chi connectivity index (χ3v) is 7.49. The molecule has 0 saturated heterocycles. The van der Waals surface area contributed by atoms with Crippen LogP contribution in [0.15, 0.2) is 79.3 Å². The lowest BCUT2D eigenvalue weighted by Crippen LogP contribution is -2.31. The zero-order chi connectivity index (χ0) is 27.2. The van der Waals surface area contributed by atoms with E-state index in [0.29, 0.717) is 48.9 Å². The smallest absolute Gasteiger partial charge is 0.374 e. The van der Waals surface area contributed by atoms with Gasteiger partial charge in [0.2, 0.25) is 0 Å². The van der Waals surface area contributed by atoms with Gasteiger partial charge in [0.05, 0.1) is 34.3 Å². The molecule has 3 aromatic carbocycles. The number of halogens is 6. The SMILES string of the molecule is Cn1cncc1C(O)(c1ccc(Cl)cc1)c1ccc2nc(Cl)c(Cc3ccc(C(F)(F)F)cc3)c(Cl)c2c1. The fraction of sp³-hybridized carbons (Fsp3) is 0.143. The lowest BCUT2D eigenvalue weighted by Gasteiger charge is -2.30. The Morgan fingerprint density at radius 3 is 2.11 bits per heavy atom. The number of aryl methyl sites for hydroxylation is 1. The Balaban J connectivity index is 1.63. The minimum atomic E-state index is -4.43. The number of aliphatic hydroxyl groups is 1. The zero-order valence-corrected chi connectivity index (χ0v) is 22.0. The predicted molar refractivity (Wildman–Crippen MR) is 143 cm³/mol. The predicted octanol–water partition coefficient (Wildman–Crippen LogP) is 7.82. The number of hydrogen-bond acceptors (Lipinski definition) is 3. The van der Waals surface area contributed by atoms with Crippen LogP contribution in [-0.2, 0) is 25.2 Å². The van der Waals surface area contributed by atoms with Gasteiger partial charge in [-0.2, -0.15) is 13.2 Å². The summed E-state index contributed by atoms with van der Waals surface area (Å²) < 4.78 is 40.6. The molecular formula is C28H19Cl3F3N3O. The topological polar surface area (TPSA) is 50.9 Å². The number of nitrogens with zero attached hydrogens (tertiary/aromatic N) is 3. The fourth-order valence-corrected chi connectivity index (χ4v) is 5.22. The number of hydrogen-bond donors (Lipinski definition) is 1. The van der Waals surface area contributed by atoms with Crippen LogP contribution in [0.3, 0.4) is 0 Å². The van der Waals surface area contributed by atoms with E-state index in [9.17, 15) is 18.3 Å². The van der Waals surface area contributed by atoms with E-state index in [-0.39, 0.29) is 11.6 Å². The van der Waals surface area contributed by atoms with Crippen LogP contribution in [0.5, 0.6) is 0 Å². The van der Waals surface area contributed by atoms with Gasteiger partial charge in [-0.25, -0.2) is 9.97 Å². The van der Waals surface area contributed by atoms with Crippen LogP contribution in [0, 0.1) is 0 Å². The van der Waals surface area contributed by atoms with Crippen molar-refractivity contribution in [2.24, 2.45) is 7.05 Å². The summed E-state index contributed by atoms with van der Waals surface area (Å²) in [6.07, 6.45) is -1.08. The van der Waals surface area contributed by atoms with Gasteiger partial charge in [0.1, 0.15) is 5.15 Å². The number of rotatable bonds is 5. The summed E-state index contributed by atoms with van der Waals surface area (Å²) in [7, 11) is 1.78. The summed E-state index contributed by atoms with van der Waals surface area (Å²) >= 11 is 19.4. The van der Waals surface area contributed by atoms with Crippen molar-refractivity contribution in [2.45, 2.75) is 18.2 Å². The summed E-state index contributed by atoms with van der Waals surface area (Å²) in [6.45, 7) is 0. The Morgan fingerprint density at radius 2 is 1.50 bits per heavy atom. The maximum Gasteiger partial charge on any atom is 0.416 e. The second-order valence-corrected chi connectivity index (χ2v) is 10.1. The second-order valence-electron chi connectivity index (χ2n) is 8.91. The molecule has 1 atom stereocenters. The normalized spacial score (nSPS) is 13.6. The van der Waals surface area contributed by atoms with E-state index in [2.05, 4.69) is 9.97 Å². The van der Waals surface area contributed by atoms with Crippen LogP contribution >= 0.6 is 34.8 Å². The molecule has 1 unspecified atom stereocenters. The van der Waals surface area contributed by atoms with Crippen molar-refractivity contribution in [2.75, 3.05) is 0 Å². The lowest BCUT2D eigenvalue weighted by atomic mass is 9.83. The summed E-state index contributed by atoms with van der Waals surface area (Å²) in [6, 6.07) is 16.8.